The summed E-state index contributed by atoms with van der Waals surface area (Å²) in [5.41, 5.74) is 1.42. The summed E-state index contributed by atoms with van der Waals surface area (Å²) in [7, 11) is 0. The van der Waals surface area contributed by atoms with Crippen LogP contribution in [0.3, 0.4) is 0 Å². The van der Waals surface area contributed by atoms with Crippen molar-refractivity contribution in [2.45, 2.75) is 39.7 Å². The highest BCUT2D eigenvalue weighted by molar-refractivity contribution is 5.99. The van der Waals surface area contributed by atoms with Gasteiger partial charge >= 0.3 is 0 Å². The third kappa shape index (κ3) is 3.18. The van der Waals surface area contributed by atoms with Gasteiger partial charge in [-0.25, -0.2) is 0 Å². The second-order valence-corrected chi connectivity index (χ2v) is 5.71. The fraction of sp³-hybridized carbons (Fsp3) is 0.500. The molecule has 4 heteroatoms. The smallest absolute Gasteiger partial charge is 0.251 e. The first-order chi connectivity index (χ1) is 9.49. The van der Waals surface area contributed by atoms with E-state index in [4.69, 9.17) is 0 Å². The van der Waals surface area contributed by atoms with Gasteiger partial charge in [-0.1, -0.05) is 19.9 Å². The van der Waals surface area contributed by atoms with E-state index >= 15 is 0 Å². The molecular formula is C16H22N2O2. The number of rotatable bonds is 4. The van der Waals surface area contributed by atoms with Crippen molar-refractivity contribution in [1.82, 2.24) is 5.32 Å². The molecule has 0 saturated carbocycles. The molecule has 0 spiro atoms. The van der Waals surface area contributed by atoms with Gasteiger partial charge in [-0.3, -0.25) is 9.59 Å². The average Bonchev–Trinajstić information content (AvgIpc) is 2.85. The summed E-state index contributed by atoms with van der Waals surface area (Å²) in [6, 6.07) is 7.42. The highest BCUT2D eigenvalue weighted by Crippen LogP contribution is 2.22. The van der Waals surface area contributed by atoms with E-state index in [1.165, 1.54) is 0 Å². The van der Waals surface area contributed by atoms with E-state index in [0.717, 1.165) is 18.7 Å². The number of benzene rings is 1. The molecule has 0 bridgehead atoms. The lowest BCUT2D eigenvalue weighted by molar-refractivity contribution is -0.117. The Morgan fingerprint density at radius 2 is 2.05 bits per heavy atom. The number of nitrogens with zero attached hydrogens (tertiary/aromatic N) is 1. The summed E-state index contributed by atoms with van der Waals surface area (Å²) in [6.45, 7) is 6.89. The number of carbonyl (C=O) groups excluding carboxylic acids is 2. The SMILES string of the molecule is CC(C)[C@H](C)NC(=O)c1cccc(N2CCCC2=O)c1. The molecule has 4 nitrogen and oxygen atoms in total. The first-order valence-corrected chi connectivity index (χ1v) is 7.20. The van der Waals surface area contributed by atoms with Crippen LogP contribution in [0.5, 0.6) is 0 Å². The maximum Gasteiger partial charge on any atom is 0.251 e. The van der Waals surface area contributed by atoms with E-state index in [2.05, 4.69) is 19.2 Å². The van der Waals surface area contributed by atoms with Crippen molar-refractivity contribution in [2.24, 2.45) is 5.92 Å². The van der Waals surface area contributed by atoms with E-state index in [-0.39, 0.29) is 17.9 Å². The molecule has 0 aliphatic carbocycles. The minimum absolute atomic E-state index is 0.0836. The van der Waals surface area contributed by atoms with Crippen molar-refractivity contribution in [3.8, 4) is 0 Å². The summed E-state index contributed by atoms with van der Waals surface area (Å²) in [4.78, 5) is 25.7. The van der Waals surface area contributed by atoms with Gasteiger partial charge in [-0.15, -0.1) is 0 Å². The van der Waals surface area contributed by atoms with Gasteiger partial charge in [0.15, 0.2) is 0 Å². The molecule has 20 heavy (non-hydrogen) atoms. The van der Waals surface area contributed by atoms with E-state index in [0.29, 0.717) is 17.9 Å². The Balaban J connectivity index is 2.13. The molecule has 1 aromatic rings. The number of anilines is 1. The van der Waals surface area contributed by atoms with Gasteiger partial charge in [0.05, 0.1) is 0 Å². The van der Waals surface area contributed by atoms with Crippen LogP contribution in [-0.2, 0) is 4.79 Å². The van der Waals surface area contributed by atoms with Gasteiger partial charge in [0.1, 0.15) is 0 Å². The molecule has 0 unspecified atom stereocenters. The molecule has 1 saturated heterocycles. The zero-order chi connectivity index (χ0) is 14.7. The van der Waals surface area contributed by atoms with Crippen LogP contribution in [0.2, 0.25) is 0 Å². The predicted molar refractivity (Wildman–Crippen MR) is 79.8 cm³/mol. The lowest BCUT2D eigenvalue weighted by Gasteiger charge is -2.19. The van der Waals surface area contributed by atoms with Crippen LogP contribution in [-0.4, -0.2) is 24.4 Å². The normalized spacial score (nSPS) is 16.6. The molecular weight excluding hydrogens is 252 g/mol. The highest BCUT2D eigenvalue weighted by Gasteiger charge is 2.22. The van der Waals surface area contributed by atoms with Gasteiger partial charge in [-0.2, -0.15) is 0 Å². The molecule has 1 aliphatic heterocycles. The third-order valence-electron chi connectivity index (χ3n) is 3.85. The van der Waals surface area contributed by atoms with Crippen molar-refractivity contribution >= 4 is 17.5 Å². The maximum absolute atomic E-state index is 12.2. The van der Waals surface area contributed by atoms with Gasteiger partial charge in [0, 0.05) is 30.3 Å². The molecule has 1 aromatic carbocycles. The van der Waals surface area contributed by atoms with Crippen LogP contribution in [0.1, 0.15) is 44.0 Å². The van der Waals surface area contributed by atoms with Gasteiger partial charge in [0.2, 0.25) is 5.91 Å². The summed E-state index contributed by atoms with van der Waals surface area (Å²) in [6.07, 6.45) is 1.49. The van der Waals surface area contributed by atoms with Crippen LogP contribution < -0.4 is 10.2 Å². The number of amides is 2. The molecule has 1 aliphatic rings. The number of hydrogen-bond acceptors (Lipinski definition) is 2. The summed E-state index contributed by atoms with van der Waals surface area (Å²) in [5, 5.41) is 2.98. The zero-order valence-corrected chi connectivity index (χ0v) is 12.3. The van der Waals surface area contributed by atoms with Crippen LogP contribution in [0.4, 0.5) is 5.69 Å². The Morgan fingerprint density at radius 1 is 1.30 bits per heavy atom. The molecule has 1 fully saturated rings. The molecule has 1 heterocycles. The van der Waals surface area contributed by atoms with Crippen LogP contribution >= 0.6 is 0 Å². The molecule has 1 atom stereocenters. The third-order valence-corrected chi connectivity index (χ3v) is 3.85. The van der Waals surface area contributed by atoms with Crippen molar-refractivity contribution in [1.29, 1.82) is 0 Å². The zero-order valence-electron chi connectivity index (χ0n) is 12.3. The summed E-state index contributed by atoms with van der Waals surface area (Å²) >= 11 is 0. The number of nitrogens with one attached hydrogen (secondary N) is 1. The van der Waals surface area contributed by atoms with Gasteiger partial charge in [0.25, 0.3) is 5.91 Å². The van der Waals surface area contributed by atoms with E-state index < -0.39 is 0 Å². The summed E-state index contributed by atoms with van der Waals surface area (Å²) < 4.78 is 0. The van der Waals surface area contributed by atoms with Gasteiger partial charge < -0.3 is 10.2 Å². The highest BCUT2D eigenvalue weighted by atomic mass is 16.2. The van der Waals surface area contributed by atoms with Crippen LogP contribution in [0, 0.1) is 5.92 Å². The number of carbonyl (C=O) groups is 2. The fourth-order valence-corrected chi connectivity index (χ4v) is 2.19. The van der Waals surface area contributed by atoms with Crippen molar-refractivity contribution < 1.29 is 9.59 Å². The maximum atomic E-state index is 12.2. The summed E-state index contributed by atoms with van der Waals surface area (Å²) in [5.74, 6) is 0.445. The Hall–Kier alpha value is -1.84. The standard InChI is InChI=1S/C16H22N2O2/c1-11(2)12(3)17-16(20)13-6-4-7-14(10-13)18-9-5-8-15(18)19/h4,6-7,10-12H,5,8-9H2,1-3H3,(H,17,20)/t12-/m0/s1. The minimum Gasteiger partial charge on any atom is -0.349 e. The minimum atomic E-state index is -0.0836. The molecule has 2 amide bonds. The average molecular weight is 274 g/mol. The molecule has 108 valence electrons. The largest absolute Gasteiger partial charge is 0.349 e. The fourth-order valence-electron chi connectivity index (χ4n) is 2.19. The molecule has 2 rings (SSSR count). The quantitative estimate of drug-likeness (QED) is 0.917. The monoisotopic (exact) mass is 274 g/mol. The Morgan fingerprint density at radius 3 is 2.65 bits per heavy atom. The van der Waals surface area contributed by atoms with Crippen molar-refractivity contribution in [3.63, 3.8) is 0 Å². The van der Waals surface area contributed by atoms with Crippen molar-refractivity contribution in [2.75, 3.05) is 11.4 Å². The molecule has 1 N–H and O–H groups in total. The second-order valence-electron chi connectivity index (χ2n) is 5.71. The van der Waals surface area contributed by atoms with Crippen molar-refractivity contribution in [3.05, 3.63) is 29.8 Å². The molecule has 0 radical (unpaired) electrons. The second kappa shape index (κ2) is 6.07. The topological polar surface area (TPSA) is 49.4 Å². The van der Waals surface area contributed by atoms with E-state index in [1.54, 1.807) is 17.0 Å². The Kier molecular flexibility index (Phi) is 4.42. The number of hydrogen-bond donors (Lipinski definition) is 1. The first kappa shape index (κ1) is 14.6. The first-order valence-electron chi connectivity index (χ1n) is 7.20. The van der Waals surface area contributed by atoms with Crippen LogP contribution in [0.15, 0.2) is 24.3 Å². The Labute approximate surface area is 120 Å². The molecule has 0 aromatic heterocycles. The Bertz CT molecular complexity index is 511. The lowest BCUT2D eigenvalue weighted by Crippen LogP contribution is -2.36. The lowest BCUT2D eigenvalue weighted by atomic mass is 10.1. The van der Waals surface area contributed by atoms with Gasteiger partial charge in [-0.05, 0) is 37.5 Å². The van der Waals surface area contributed by atoms with E-state index in [1.807, 2.05) is 19.1 Å². The van der Waals surface area contributed by atoms with Crippen LogP contribution in [0.25, 0.3) is 0 Å². The van der Waals surface area contributed by atoms with E-state index in [9.17, 15) is 9.59 Å². The predicted octanol–water partition coefficient (Wildman–Crippen LogP) is 2.59.